The molecule has 0 bridgehead atoms. The fourth-order valence-corrected chi connectivity index (χ4v) is 1.31. The highest BCUT2D eigenvalue weighted by Crippen LogP contribution is 2.29. The van der Waals surface area contributed by atoms with Crippen molar-refractivity contribution < 1.29 is 25.2 Å². The highest BCUT2D eigenvalue weighted by molar-refractivity contribution is 4.94. The maximum Gasteiger partial charge on any atom is 0.0929 e. The van der Waals surface area contributed by atoms with E-state index in [2.05, 4.69) is 0 Å². The van der Waals surface area contributed by atoms with Crippen molar-refractivity contribution in [3.8, 4) is 0 Å². The zero-order chi connectivity index (χ0) is 12.1. The Morgan fingerprint density at radius 2 is 1.73 bits per heavy atom. The summed E-state index contributed by atoms with van der Waals surface area (Å²) in [6.45, 7) is 2.80. The lowest BCUT2D eigenvalue weighted by molar-refractivity contribution is -0.158. The third-order valence-corrected chi connectivity index (χ3v) is 2.80. The fourth-order valence-electron chi connectivity index (χ4n) is 1.31. The number of ether oxygens (including phenoxy) is 1. The molecular formula is C10H22O5. The summed E-state index contributed by atoms with van der Waals surface area (Å²) < 4.78 is 4.82. The Bertz CT molecular complexity index is 179. The summed E-state index contributed by atoms with van der Waals surface area (Å²) in [6.07, 6.45) is -0.858. The summed E-state index contributed by atoms with van der Waals surface area (Å²) >= 11 is 0. The van der Waals surface area contributed by atoms with Gasteiger partial charge in [-0.25, -0.2) is 0 Å². The van der Waals surface area contributed by atoms with Crippen LogP contribution in [0, 0.1) is 0 Å². The molecule has 0 spiro atoms. The summed E-state index contributed by atoms with van der Waals surface area (Å²) in [6, 6.07) is 0. The van der Waals surface area contributed by atoms with Crippen LogP contribution in [0.15, 0.2) is 0 Å². The summed E-state index contributed by atoms with van der Waals surface area (Å²) in [5.41, 5.74) is -2.83. The Morgan fingerprint density at radius 1 is 1.20 bits per heavy atom. The Morgan fingerprint density at radius 3 is 2.13 bits per heavy atom. The van der Waals surface area contributed by atoms with Crippen molar-refractivity contribution in [1.82, 2.24) is 0 Å². The summed E-state index contributed by atoms with van der Waals surface area (Å²) in [5, 5.41) is 37.9. The molecule has 0 saturated heterocycles. The van der Waals surface area contributed by atoms with Crippen LogP contribution in [-0.4, -0.2) is 58.1 Å². The van der Waals surface area contributed by atoms with Gasteiger partial charge in [0, 0.05) is 26.6 Å². The van der Waals surface area contributed by atoms with Crippen molar-refractivity contribution in [3.63, 3.8) is 0 Å². The van der Waals surface area contributed by atoms with E-state index in [1.54, 1.807) is 0 Å². The monoisotopic (exact) mass is 222 g/mol. The highest BCUT2D eigenvalue weighted by Gasteiger charge is 2.42. The van der Waals surface area contributed by atoms with Crippen molar-refractivity contribution in [2.24, 2.45) is 0 Å². The van der Waals surface area contributed by atoms with Crippen LogP contribution in [0.4, 0.5) is 0 Å². The van der Waals surface area contributed by atoms with Gasteiger partial charge in [-0.15, -0.1) is 0 Å². The molecule has 92 valence electrons. The van der Waals surface area contributed by atoms with Gasteiger partial charge in [-0.3, -0.25) is 0 Å². The van der Waals surface area contributed by atoms with Crippen LogP contribution in [0.2, 0.25) is 0 Å². The number of methoxy groups -OCH3 is 1. The molecule has 0 fully saturated rings. The first kappa shape index (κ1) is 14.8. The van der Waals surface area contributed by atoms with Gasteiger partial charge in [0.25, 0.3) is 0 Å². The fraction of sp³-hybridized carbons (Fsp3) is 1.00. The number of rotatable bonds is 7. The summed E-state index contributed by atoms with van der Waals surface area (Å²) in [7, 11) is 1.51. The van der Waals surface area contributed by atoms with Crippen molar-refractivity contribution >= 4 is 0 Å². The second-order valence-corrected chi connectivity index (χ2v) is 4.33. The number of aliphatic hydroxyl groups excluding tert-OH is 2. The first-order valence-electron chi connectivity index (χ1n) is 4.99. The molecular weight excluding hydrogens is 200 g/mol. The third-order valence-electron chi connectivity index (χ3n) is 2.80. The van der Waals surface area contributed by atoms with E-state index in [4.69, 9.17) is 9.84 Å². The quantitative estimate of drug-likeness (QED) is 0.456. The molecule has 0 radical (unpaired) electrons. The molecule has 0 aromatic heterocycles. The zero-order valence-corrected chi connectivity index (χ0v) is 9.60. The molecule has 0 rings (SSSR count). The predicted molar refractivity (Wildman–Crippen MR) is 55.5 cm³/mol. The van der Waals surface area contributed by atoms with E-state index in [0.29, 0.717) is 6.61 Å². The van der Waals surface area contributed by atoms with Crippen molar-refractivity contribution in [2.45, 2.75) is 44.0 Å². The lowest BCUT2D eigenvalue weighted by Crippen LogP contribution is -2.52. The second-order valence-electron chi connectivity index (χ2n) is 4.33. The topological polar surface area (TPSA) is 90.2 Å². The van der Waals surface area contributed by atoms with E-state index in [0.717, 1.165) is 0 Å². The minimum atomic E-state index is -1.46. The minimum absolute atomic E-state index is 0.0831. The van der Waals surface area contributed by atoms with Gasteiger partial charge in [0.15, 0.2) is 0 Å². The Labute approximate surface area is 90.3 Å². The molecule has 15 heavy (non-hydrogen) atoms. The van der Waals surface area contributed by atoms with Crippen molar-refractivity contribution in [1.29, 1.82) is 0 Å². The van der Waals surface area contributed by atoms with E-state index in [9.17, 15) is 15.3 Å². The average molecular weight is 222 g/mol. The predicted octanol–water partition coefficient (Wildman–Crippen LogP) is -0.732. The molecule has 5 nitrogen and oxygen atoms in total. The SMILES string of the molecule is COCCC(C)(O)C(C)(O)CC(O)CO. The van der Waals surface area contributed by atoms with Crippen LogP contribution in [0.3, 0.4) is 0 Å². The number of hydrogen-bond acceptors (Lipinski definition) is 5. The molecule has 3 unspecified atom stereocenters. The van der Waals surface area contributed by atoms with E-state index in [-0.39, 0.29) is 12.8 Å². The molecule has 5 heteroatoms. The van der Waals surface area contributed by atoms with Crippen LogP contribution >= 0.6 is 0 Å². The van der Waals surface area contributed by atoms with Gasteiger partial charge in [0.1, 0.15) is 0 Å². The Balaban J connectivity index is 4.39. The molecule has 3 atom stereocenters. The molecule has 0 aliphatic carbocycles. The van der Waals surface area contributed by atoms with Gasteiger partial charge in [-0.05, 0) is 13.8 Å². The van der Waals surface area contributed by atoms with Crippen LogP contribution in [0.1, 0.15) is 26.7 Å². The maximum atomic E-state index is 10.00. The number of aliphatic hydroxyl groups is 4. The van der Waals surface area contributed by atoms with E-state index in [1.165, 1.54) is 21.0 Å². The maximum absolute atomic E-state index is 10.00. The summed E-state index contributed by atoms with van der Waals surface area (Å²) in [4.78, 5) is 0. The first-order chi connectivity index (χ1) is 6.77. The highest BCUT2D eigenvalue weighted by atomic mass is 16.5. The smallest absolute Gasteiger partial charge is 0.0929 e. The third kappa shape index (κ3) is 4.44. The second kappa shape index (κ2) is 5.77. The molecule has 0 aliphatic rings. The van der Waals surface area contributed by atoms with Crippen LogP contribution in [0.5, 0.6) is 0 Å². The largest absolute Gasteiger partial charge is 0.394 e. The Hall–Kier alpha value is -0.200. The van der Waals surface area contributed by atoms with Crippen LogP contribution < -0.4 is 0 Å². The number of hydrogen-bond donors (Lipinski definition) is 4. The Kier molecular flexibility index (Phi) is 5.69. The van der Waals surface area contributed by atoms with Gasteiger partial charge >= 0.3 is 0 Å². The van der Waals surface area contributed by atoms with Crippen LogP contribution in [0.25, 0.3) is 0 Å². The van der Waals surface area contributed by atoms with Crippen molar-refractivity contribution in [2.75, 3.05) is 20.3 Å². The van der Waals surface area contributed by atoms with Crippen molar-refractivity contribution in [3.05, 3.63) is 0 Å². The first-order valence-corrected chi connectivity index (χ1v) is 4.99. The van der Waals surface area contributed by atoms with E-state index >= 15 is 0 Å². The van der Waals surface area contributed by atoms with Gasteiger partial charge in [-0.1, -0.05) is 0 Å². The summed E-state index contributed by atoms with van der Waals surface area (Å²) in [5.74, 6) is 0. The molecule has 0 amide bonds. The van der Waals surface area contributed by atoms with Gasteiger partial charge in [0.2, 0.25) is 0 Å². The van der Waals surface area contributed by atoms with E-state index < -0.39 is 23.9 Å². The molecule has 0 heterocycles. The minimum Gasteiger partial charge on any atom is -0.394 e. The van der Waals surface area contributed by atoms with Crippen LogP contribution in [-0.2, 0) is 4.74 Å². The molecule has 0 aromatic rings. The normalized spacial score (nSPS) is 21.8. The van der Waals surface area contributed by atoms with Gasteiger partial charge < -0.3 is 25.2 Å². The lowest BCUT2D eigenvalue weighted by atomic mass is 9.79. The van der Waals surface area contributed by atoms with Gasteiger partial charge in [0.05, 0.1) is 23.9 Å². The zero-order valence-electron chi connectivity index (χ0n) is 9.60. The van der Waals surface area contributed by atoms with Gasteiger partial charge in [-0.2, -0.15) is 0 Å². The lowest BCUT2D eigenvalue weighted by Gasteiger charge is -2.39. The average Bonchev–Trinajstić information content (AvgIpc) is 2.13. The van der Waals surface area contributed by atoms with E-state index in [1.807, 2.05) is 0 Å². The molecule has 0 aromatic carbocycles. The molecule has 4 N–H and O–H groups in total. The standard InChI is InChI=1S/C10H22O5/c1-9(13,4-5-15-3)10(2,14)6-8(12)7-11/h8,11-14H,4-7H2,1-3H3. The molecule has 0 saturated carbocycles. The molecule has 0 aliphatic heterocycles.